The summed E-state index contributed by atoms with van der Waals surface area (Å²) in [4.78, 5) is 30.1. The van der Waals surface area contributed by atoms with Gasteiger partial charge in [0.05, 0.1) is 16.8 Å². The van der Waals surface area contributed by atoms with E-state index in [4.69, 9.17) is 16.3 Å². The number of ether oxygens (including phenoxy) is 1. The van der Waals surface area contributed by atoms with E-state index in [0.29, 0.717) is 39.0 Å². The number of benzene rings is 2. The number of hydrogen-bond donors (Lipinski definition) is 1. The summed E-state index contributed by atoms with van der Waals surface area (Å²) in [6.45, 7) is 4.08. The summed E-state index contributed by atoms with van der Waals surface area (Å²) in [5.41, 5.74) is 2.54. The van der Waals surface area contributed by atoms with E-state index in [1.165, 1.54) is 6.42 Å². The van der Waals surface area contributed by atoms with Crippen molar-refractivity contribution in [3.05, 3.63) is 65.2 Å². The van der Waals surface area contributed by atoms with Crippen LogP contribution >= 0.6 is 11.6 Å². The number of carbonyl (C=O) groups is 2. The molecule has 1 saturated carbocycles. The second kappa shape index (κ2) is 9.70. The van der Waals surface area contributed by atoms with Crippen LogP contribution in [-0.2, 0) is 9.53 Å². The fourth-order valence-electron chi connectivity index (χ4n) is 4.36. The molecule has 3 aromatic rings. The van der Waals surface area contributed by atoms with Gasteiger partial charge in [-0.05, 0) is 42.5 Å². The second-order valence-electron chi connectivity index (χ2n) is 8.60. The maximum absolute atomic E-state index is 13.0. The van der Waals surface area contributed by atoms with Gasteiger partial charge in [0, 0.05) is 22.0 Å². The van der Waals surface area contributed by atoms with Crippen molar-refractivity contribution >= 4 is 34.4 Å². The minimum Gasteiger partial charge on any atom is -0.452 e. The van der Waals surface area contributed by atoms with Crippen LogP contribution in [0.4, 0.5) is 0 Å². The van der Waals surface area contributed by atoms with Crippen LogP contribution in [-0.4, -0.2) is 29.5 Å². The Morgan fingerprint density at radius 2 is 1.84 bits per heavy atom. The predicted molar refractivity (Wildman–Crippen MR) is 127 cm³/mol. The Bertz CT molecular complexity index is 1130. The lowest BCUT2D eigenvalue weighted by molar-refractivity contribution is -0.125. The molecule has 1 amide bonds. The molecule has 4 rings (SSSR count). The van der Waals surface area contributed by atoms with E-state index in [2.05, 4.69) is 24.1 Å². The number of halogens is 1. The van der Waals surface area contributed by atoms with E-state index in [9.17, 15) is 9.59 Å². The third kappa shape index (κ3) is 4.94. The molecule has 0 spiro atoms. The average molecular weight is 451 g/mol. The Morgan fingerprint density at radius 3 is 2.62 bits per heavy atom. The van der Waals surface area contributed by atoms with Gasteiger partial charge in [-0.3, -0.25) is 4.79 Å². The van der Waals surface area contributed by atoms with Crippen molar-refractivity contribution in [3.8, 4) is 11.3 Å². The molecular weight excluding hydrogens is 424 g/mol. The van der Waals surface area contributed by atoms with Gasteiger partial charge < -0.3 is 10.1 Å². The summed E-state index contributed by atoms with van der Waals surface area (Å²) in [5, 5.41) is 4.36. The molecule has 6 heteroatoms. The Balaban J connectivity index is 1.51. The number of aromatic nitrogens is 1. The molecule has 5 nitrogen and oxygen atoms in total. The van der Waals surface area contributed by atoms with Gasteiger partial charge in [-0.2, -0.15) is 0 Å². The van der Waals surface area contributed by atoms with E-state index in [1.54, 1.807) is 18.2 Å². The van der Waals surface area contributed by atoms with Crippen LogP contribution in [0.3, 0.4) is 0 Å². The molecule has 3 atom stereocenters. The summed E-state index contributed by atoms with van der Waals surface area (Å²) < 4.78 is 5.41. The zero-order valence-electron chi connectivity index (χ0n) is 18.3. The van der Waals surface area contributed by atoms with Gasteiger partial charge in [0.25, 0.3) is 5.91 Å². The summed E-state index contributed by atoms with van der Waals surface area (Å²) in [6, 6.07) is 16.5. The van der Waals surface area contributed by atoms with Crippen LogP contribution in [0.15, 0.2) is 54.6 Å². The van der Waals surface area contributed by atoms with Crippen LogP contribution in [0.25, 0.3) is 22.2 Å². The Kier molecular flexibility index (Phi) is 6.75. The minimum absolute atomic E-state index is 0.128. The van der Waals surface area contributed by atoms with Crippen molar-refractivity contribution in [2.75, 3.05) is 6.61 Å². The van der Waals surface area contributed by atoms with Crippen molar-refractivity contribution in [2.24, 2.45) is 11.8 Å². The molecule has 0 aliphatic heterocycles. The van der Waals surface area contributed by atoms with Crippen molar-refractivity contribution in [2.45, 2.75) is 39.2 Å². The fourth-order valence-corrected chi connectivity index (χ4v) is 4.48. The SMILES string of the molecule is CC1CCCC(NC(=O)COC(=O)c2cc(-c3ccc(Cl)cc3)nc3ccccc23)C1C. The van der Waals surface area contributed by atoms with Gasteiger partial charge in [0.15, 0.2) is 6.61 Å². The molecule has 166 valence electrons. The van der Waals surface area contributed by atoms with Gasteiger partial charge in [-0.25, -0.2) is 9.78 Å². The van der Waals surface area contributed by atoms with E-state index in [0.717, 1.165) is 18.4 Å². The highest BCUT2D eigenvalue weighted by Crippen LogP contribution is 2.29. The summed E-state index contributed by atoms with van der Waals surface area (Å²) in [6.07, 6.45) is 3.25. The van der Waals surface area contributed by atoms with E-state index < -0.39 is 5.97 Å². The van der Waals surface area contributed by atoms with E-state index in [-0.39, 0.29) is 18.6 Å². The average Bonchev–Trinajstić information content (AvgIpc) is 2.80. The van der Waals surface area contributed by atoms with Crippen molar-refractivity contribution in [1.82, 2.24) is 10.3 Å². The fraction of sp³-hybridized carbons (Fsp3) is 0.346. The molecule has 3 unspecified atom stereocenters. The number of fused-ring (bicyclic) bond motifs is 1. The first kappa shape index (κ1) is 22.3. The highest BCUT2D eigenvalue weighted by atomic mass is 35.5. The Hall–Kier alpha value is -2.92. The highest BCUT2D eigenvalue weighted by molar-refractivity contribution is 6.30. The van der Waals surface area contributed by atoms with Gasteiger partial charge in [-0.1, -0.05) is 68.6 Å². The van der Waals surface area contributed by atoms with Crippen LogP contribution in [0.2, 0.25) is 5.02 Å². The molecule has 2 aromatic carbocycles. The molecule has 0 bridgehead atoms. The van der Waals surface area contributed by atoms with Crippen molar-refractivity contribution in [1.29, 1.82) is 0 Å². The number of rotatable bonds is 5. The summed E-state index contributed by atoms with van der Waals surface area (Å²) in [7, 11) is 0. The highest BCUT2D eigenvalue weighted by Gasteiger charge is 2.28. The van der Waals surface area contributed by atoms with Crippen molar-refractivity contribution < 1.29 is 14.3 Å². The van der Waals surface area contributed by atoms with Gasteiger partial charge in [0.2, 0.25) is 0 Å². The molecule has 1 heterocycles. The van der Waals surface area contributed by atoms with Crippen molar-refractivity contribution in [3.63, 3.8) is 0 Å². The predicted octanol–water partition coefficient (Wildman–Crippen LogP) is 5.65. The van der Waals surface area contributed by atoms with Gasteiger partial charge >= 0.3 is 5.97 Å². The minimum atomic E-state index is -0.543. The Labute approximate surface area is 193 Å². The smallest absolute Gasteiger partial charge is 0.339 e. The summed E-state index contributed by atoms with van der Waals surface area (Å²) in [5.74, 6) is 0.181. The number of pyridine rings is 1. The lowest BCUT2D eigenvalue weighted by atomic mass is 9.78. The van der Waals surface area contributed by atoms with Crippen LogP contribution in [0.5, 0.6) is 0 Å². The zero-order valence-corrected chi connectivity index (χ0v) is 19.1. The monoisotopic (exact) mass is 450 g/mol. The van der Waals surface area contributed by atoms with E-state index in [1.807, 2.05) is 36.4 Å². The number of amides is 1. The van der Waals surface area contributed by atoms with Crippen LogP contribution in [0.1, 0.15) is 43.5 Å². The molecule has 1 fully saturated rings. The first-order chi connectivity index (χ1) is 15.4. The van der Waals surface area contributed by atoms with Gasteiger partial charge in [-0.15, -0.1) is 0 Å². The molecule has 1 aliphatic carbocycles. The number of hydrogen-bond acceptors (Lipinski definition) is 4. The summed E-state index contributed by atoms with van der Waals surface area (Å²) >= 11 is 6.00. The molecule has 1 aromatic heterocycles. The largest absolute Gasteiger partial charge is 0.452 e. The first-order valence-corrected chi connectivity index (χ1v) is 11.4. The third-order valence-corrected chi connectivity index (χ3v) is 6.72. The number of para-hydroxylation sites is 1. The lowest BCUT2D eigenvalue weighted by Crippen LogP contribution is -2.45. The number of esters is 1. The molecule has 1 N–H and O–H groups in total. The first-order valence-electron chi connectivity index (χ1n) is 11.0. The number of carbonyl (C=O) groups excluding carboxylic acids is 2. The molecular formula is C26H27ClN2O3. The molecule has 1 aliphatic rings. The molecule has 32 heavy (non-hydrogen) atoms. The third-order valence-electron chi connectivity index (χ3n) is 6.46. The quantitative estimate of drug-likeness (QED) is 0.510. The maximum Gasteiger partial charge on any atom is 0.339 e. The Morgan fingerprint density at radius 1 is 1.09 bits per heavy atom. The van der Waals surface area contributed by atoms with E-state index >= 15 is 0 Å². The molecule has 0 saturated heterocycles. The number of nitrogens with one attached hydrogen (secondary N) is 1. The number of nitrogens with zero attached hydrogens (tertiary/aromatic N) is 1. The van der Waals surface area contributed by atoms with Crippen LogP contribution < -0.4 is 5.32 Å². The lowest BCUT2D eigenvalue weighted by Gasteiger charge is -2.34. The second-order valence-corrected chi connectivity index (χ2v) is 9.03. The van der Waals surface area contributed by atoms with Gasteiger partial charge in [0.1, 0.15) is 0 Å². The standard InChI is InChI=1S/C26H27ClN2O3/c1-16-6-5-9-22(17(16)2)29-25(30)15-32-26(31)21-14-24(18-10-12-19(27)13-11-18)28-23-8-4-3-7-20(21)23/h3-4,7-8,10-14,16-17,22H,5-6,9,15H2,1-2H3,(H,29,30). The maximum atomic E-state index is 13.0. The zero-order chi connectivity index (χ0) is 22.7. The van der Waals surface area contributed by atoms with Crippen LogP contribution in [0, 0.1) is 11.8 Å². The normalized spacial score (nSPS) is 20.7. The topological polar surface area (TPSA) is 68.3 Å². The molecule has 0 radical (unpaired) electrons.